The molecule has 1 spiro atoms. The third-order valence-electron chi connectivity index (χ3n) is 7.25. The smallest absolute Gasteiger partial charge is 0.407 e. The van der Waals surface area contributed by atoms with E-state index in [0.29, 0.717) is 19.4 Å². The summed E-state index contributed by atoms with van der Waals surface area (Å²) in [4.78, 5) is 31.0. The van der Waals surface area contributed by atoms with Gasteiger partial charge in [0.1, 0.15) is 16.1 Å². The van der Waals surface area contributed by atoms with Crippen LogP contribution < -0.4 is 5.69 Å². The first-order valence-corrected chi connectivity index (χ1v) is 13.0. The van der Waals surface area contributed by atoms with E-state index in [1.54, 1.807) is 4.90 Å². The van der Waals surface area contributed by atoms with E-state index in [1.165, 1.54) is 0 Å². The molecule has 2 fully saturated rings. The van der Waals surface area contributed by atoms with Crippen LogP contribution in [0, 0.1) is 16.7 Å². The molecule has 1 aromatic carbocycles. The maximum absolute atomic E-state index is 13.0. The van der Waals surface area contributed by atoms with E-state index in [4.69, 9.17) is 4.40 Å². The third-order valence-corrected chi connectivity index (χ3v) is 8.70. The molecule has 0 bridgehead atoms. The van der Waals surface area contributed by atoms with Crippen LogP contribution in [0.1, 0.15) is 66.4 Å². The first kappa shape index (κ1) is 24.9. The van der Waals surface area contributed by atoms with Crippen LogP contribution in [0.4, 0.5) is 4.79 Å². The highest BCUT2D eigenvalue weighted by atomic mass is 32.2. The van der Waals surface area contributed by atoms with Gasteiger partial charge in [-0.3, -0.25) is 0 Å². The van der Waals surface area contributed by atoms with Gasteiger partial charge in [0.05, 0.1) is 16.7 Å². The molecule has 4 atom stereocenters. The summed E-state index contributed by atoms with van der Waals surface area (Å²) in [6, 6.07) is 5.75. The fraction of sp³-hybridized carbons (Fsp3) is 0.640. The average molecular weight is 489 g/mol. The van der Waals surface area contributed by atoms with Crippen molar-refractivity contribution in [1.82, 2.24) is 14.9 Å². The van der Waals surface area contributed by atoms with Crippen LogP contribution in [0.15, 0.2) is 27.4 Å². The van der Waals surface area contributed by atoms with Crippen molar-refractivity contribution in [3.63, 3.8) is 0 Å². The van der Waals surface area contributed by atoms with Gasteiger partial charge in [0.2, 0.25) is 0 Å². The summed E-state index contributed by atoms with van der Waals surface area (Å²) in [7, 11) is 0. The number of aromatic nitrogens is 2. The van der Waals surface area contributed by atoms with Crippen LogP contribution in [-0.4, -0.2) is 53.7 Å². The Labute approximate surface area is 203 Å². The zero-order valence-corrected chi connectivity index (χ0v) is 21.7. The van der Waals surface area contributed by atoms with Crippen molar-refractivity contribution in [2.45, 2.75) is 78.0 Å². The van der Waals surface area contributed by atoms with Crippen LogP contribution in [0.2, 0.25) is 0 Å². The molecule has 8 nitrogen and oxygen atoms in total. The molecule has 1 aliphatic heterocycles. The lowest BCUT2D eigenvalue weighted by Gasteiger charge is -2.43. The summed E-state index contributed by atoms with van der Waals surface area (Å²) in [5.74, 6) is 0.0630. The number of nitrogens with one attached hydrogen (secondary N) is 2. The second-order valence-corrected chi connectivity index (χ2v) is 13.9. The lowest BCUT2D eigenvalue weighted by molar-refractivity contribution is 0.0542. The number of hydrogen-bond donors (Lipinski definition) is 3. The van der Waals surface area contributed by atoms with E-state index in [9.17, 15) is 19.2 Å². The number of carbonyl (C=O) groups is 1. The van der Waals surface area contributed by atoms with Gasteiger partial charge in [-0.25, -0.2) is 9.59 Å². The number of benzene rings is 1. The Morgan fingerprint density at radius 2 is 1.91 bits per heavy atom. The monoisotopic (exact) mass is 488 g/mol. The molecule has 186 valence electrons. The fourth-order valence-electron chi connectivity index (χ4n) is 6.15. The minimum atomic E-state index is -1.39. The molecule has 34 heavy (non-hydrogen) atoms. The zero-order chi connectivity index (χ0) is 25.1. The van der Waals surface area contributed by atoms with Crippen molar-refractivity contribution >= 4 is 34.2 Å². The number of hydrogen-bond acceptors (Lipinski definition) is 4. The number of rotatable bonds is 3. The SMILES string of the molecule is CC(C)(C)C1N(C(=O)O)CCC12CC(=N[S+]([O-])C(C)(C)C)C(Cc1ccc3[nH]c(=O)[nH]c3c1)C2. The summed E-state index contributed by atoms with van der Waals surface area (Å²) in [5.41, 5.74) is 2.83. The van der Waals surface area contributed by atoms with E-state index in [-0.39, 0.29) is 28.5 Å². The molecule has 9 heteroatoms. The summed E-state index contributed by atoms with van der Waals surface area (Å²) in [6.07, 6.45) is 2.08. The third kappa shape index (κ3) is 4.64. The van der Waals surface area contributed by atoms with Crippen LogP contribution >= 0.6 is 0 Å². The number of likely N-dealkylation sites (tertiary alicyclic amines) is 1. The lowest BCUT2D eigenvalue weighted by Crippen LogP contribution is -2.49. The number of imidazole rings is 1. The number of H-pyrrole nitrogens is 2. The van der Waals surface area contributed by atoms with Crippen molar-refractivity contribution < 1.29 is 14.5 Å². The largest absolute Gasteiger partial charge is 0.591 e. The first-order chi connectivity index (χ1) is 15.7. The molecule has 1 aliphatic carbocycles. The predicted octanol–water partition coefficient (Wildman–Crippen LogP) is 4.50. The molecule has 0 radical (unpaired) electrons. The zero-order valence-electron chi connectivity index (χ0n) is 20.9. The Balaban J connectivity index is 1.72. The van der Waals surface area contributed by atoms with E-state index >= 15 is 0 Å². The quantitative estimate of drug-likeness (QED) is 0.550. The highest BCUT2D eigenvalue weighted by Gasteiger charge is 2.58. The number of carboxylic acid groups (broad SMARTS) is 1. The Kier molecular flexibility index (Phi) is 6.17. The summed E-state index contributed by atoms with van der Waals surface area (Å²) in [5, 5.41) is 9.93. The minimum absolute atomic E-state index is 0.0630. The summed E-state index contributed by atoms with van der Waals surface area (Å²) in [6.45, 7) is 12.6. The molecule has 1 saturated heterocycles. The van der Waals surface area contributed by atoms with Crippen LogP contribution in [-0.2, 0) is 17.8 Å². The molecule has 1 amide bonds. The molecule has 2 aromatic rings. The van der Waals surface area contributed by atoms with E-state index < -0.39 is 22.2 Å². The first-order valence-electron chi connectivity index (χ1n) is 11.9. The normalized spacial score (nSPS) is 27.9. The van der Waals surface area contributed by atoms with E-state index in [2.05, 4.69) is 30.7 Å². The molecule has 2 heterocycles. The molecule has 1 saturated carbocycles. The molecular formula is C25H36N4O4S. The molecule has 4 unspecified atom stereocenters. The standard InChI is InChI=1S/C25H36N4O4S/c1-23(2,3)20-25(9-10-29(20)22(31)32)13-16(19(14-25)28-34(33)24(4,5)6)11-15-7-8-17-18(12-15)27-21(30)26-17/h7-8,12,16,20H,9-11,13-14H2,1-6H3,(H,31,32)(H2,26,27,30). The van der Waals surface area contributed by atoms with Gasteiger partial charge >= 0.3 is 11.8 Å². The summed E-state index contributed by atoms with van der Waals surface area (Å²) >= 11 is -1.39. The van der Waals surface area contributed by atoms with Gasteiger partial charge in [-0.2, -0.15) is 0 Å². The van der Waals surface area contributed by atoms with Gasteiger partial charge in [0, 0.05) is 18.5 Å². The van der Waals surface area contributed by atoms with E-state index in [0.717, 1.165) is 35.2 Å². The topological polar surface area (TPSA) is 125 Å². The van der Waals surface area contributed by atoms with Gasteiger partial charge in [-0.05, 0) is 75.0 Å². The van der Waals surface area contributed by atoms with Crippen molar-refractivity contribution in [2.75, 3.05) is 6.54 Å². The van der Waals surface area contributed by atoms with Crippen molar-refractivity contribution in [1.29, 1.82) is 0 Å². The Morgan fingerprint density at radius 3 is 2.53 bits per heavy atom. The van der Waals surface area contributed by atoms with Crippen molar-refractivity contribution in [3.05, 3.63) is 34.2 Å². The van der Waals surface area contributed by atoms with Gasteiger partial charge < -0.3 is 24.5 Å². The molecule has 2 aliphatic rings. The van der Waals surface area contributed by atoms with Gasteiger partial charge in [0.25, 0.3) is 0 Å². The lowest BCUT2D eigenvalue weighted by atomic mass is 9.67. The Hall–Kier alpha value is -2.26. The highest BCUT2D eigenvalue weighted by Crippen LogP contribution is 2.56. The van der Waals surface area contributed by atoms with Crippen LogP contribution in [0.25, 0.3) is 11.0 Å². The number of fused-ring (bicyclic) bond motifs is 1. The minimum Gasteiger partial charge on any atom is -0.591 e. The predicted molar refractivity (Wildman–Crippen MR) is 136 cm³/mol. The summed E-state index contributed by atoms with van der Waals surface area (Å²) < 4.78 is 17.3. The van der Waals surface area contributed by atoms with Gasteiger partial charge in [-0.1, -0.05) is 31.2 Å². The second-order valence-electron chi connectivity index (χ2n) is 12.0. The second kappa shape index (κ2) is 8.45. The van der Waals surface area contributed by atoms with Crippen molar-refractivity contribution in [2.24, 2.45) is 21.1 Å². The fourth-order valence-corrected chi connectivity index (χ4v) is 6.85. The van der Waals surface area contributed by atoms with E-state index in [1.807, 2.05) is 39.0 Å². The number of amides is 1. The van der Waals surface area contributed by atoms with Crippen LogP contribution in [0.3, 0.4) is 0 Å². The maximum Gasteiger partial charge on any atom is 0.407 e. The maximum atomic E-state index is 13.0. The molecule has 3 N–H and O–H groups in total. The van der Waals surface area contributed by atoms with Gasteiger partial charge in [0.15, 0.2) is 0 Å². The molecule has 4 rings (SSSR count). The number of aromatic amines is 2. The Bertz CT molecular complexity index is 1170. The molecular weight excluding hydrogens is 452 g/mol. The molecule has 1 aromatic heterocycles. The number of nitrogens with zero attached hydrogens (tertiary/aromatic N) is 2. The highest BCUT2D eigenvalue weighted by molar-refractivity contribution is 7.91. The van der Waals surface area contributed by atoms with Crippen molar-refractivity contribution in [3.8, 4) is 0 Å². The van der Waals surface area contributed by atoms with Crippen LogP contribution in [0.5, 0.6) is 0 Å². The Morgan fingerprint density at radius 1 is 1.24 bits per heavy atom. The average Bonchev–Trinajstić information content (AvgIpc) is 3.35. The van der Waals surface area contributed by atoms with Gasteiger partial charge in [-0.15, -0.1) is 0 Å².